The van der Waals surface area contributed by atoms with Crippen molar-refractivity contribution in [2.75, 3.05) is 0 Å². The molecule has 0 radical (unpaired) electrons. The predicted molar refractivity (Wildman–Crippen MR) is 154 cm³/mol. The average Bonchev–Trinajstić information content (AvgIpc) is 3.15. The highest BCUT2D eigenvalue weighted by atomic mass is 35.5. The molecule has 200 valence electrons. The lowest BCUT2D eigenvalue weighted by molar-refractivity contribution is -0.111. The molecule has 0 aromatic carbocycles. The van der Waals surface area contributed by atoms with Crippen molar-refractivity contribution in [3.63, 3.8) is 0 Å². The number of rotatable bonds is 8. The minimum atomic E-state index is -0.350. The van der Waals surface area contributed by atoms with Crippen LogP contribution in [-0.4, -0.2) is 15.7 Å². The maximum Gasteiger partial charge on any atom is 0.207 e. The Hall–Kier alpha value is 0.0500. The molecule has 3 heteroatoms. The lowest BCUT2D eigenvalue weighted by Crippen LogP contribution is -2.50. The number of alkyl halides is 1. The van der Waals surface area contributed by atoms with Crippen LogP contribution in [0.2, 0.25) is 0 Å². The second-order valence-corrected chi connectivity index (χ2v) is 16.0. The van der Waals surface area contributed by atoms with E-state index in [0.717, 1.165) is 41.9 Å². The molecule has 4 aliphatic rings. The number of allylic oxidation sites excluding steroid dienone is 2. The second kappa shape index (κ2) is 11.0. The fraction of sp³-hybridized carbons (Fsp3) is 0.906. The minimum absolute atomic E-state index is 0.192. The van der Waals surface area contributed by atoms with Gasteiger partial charge in [-0.25, -0.2) is 0 Å². The van der Waals surface area contributed by atoms with Crippen molar-refractivity contribution in [3.05, 3.63) is 11.6 Å². The van der Waals surface area contributed by atoms with Gasteiger partial charge in [-0.05, 0) is 104 Å². The highest BCUT2D eigenvalue weighted by molar-refractivity contribution is 8.14. The van der Waals surface area contributed by atoms with Gasteiger partial charge in [0.2, 0.25) is 5.12 Å². The van der Waals surface area contributed by atoms with E-state index in [0.29, 0.717) is 16.1 Å². The van der Waals surface area contributed by atoms with Gasteiger partial charge >= 0.3 is 0 Å². The number of thioether (sulfide) groups is 1. The molecule has 0 heterocycles. The third-order valence-electron chi connectivity index (χ3n) is 11.4. The Morgan fingerprint density at radius 1 is 1.03 bits per heavy atom. The number of carbonyl (C=O) groups excluding carboxylic acids is 1. The predicted octanol–water partition coefficient (Wildman–Crippen LogP) is 9.92. The third-order valence-corrected chi connectivity index (χ3v) is 13.4. The van der Waals surface area contributed by atoms with E-state index >= 15 is 0 Å². The Bertz CT molecular complexity index is 788. The van der Waals surface area contributed by atoms with E-state index in [4.69, 9.17) is 11.6 Å². The first-order valence-corrected chi connectivity index (χ1v) is 16.3. The molecule has 0 saturated heterocycles. The summed E-state index contributed by atoms with van der Waals surface area (Å²) in [6.45, 7) is 16.7. The summed E-state index contributed by atoms with van der Waals surface area (Å²) in [4.78, 5) is 12.7. The second-order valence-electron chi connectivity index (χ2n) is 14.2. The largest absolute Gasteiger partial charge is 0.286 e. The molecule has 0 unspecified atom stereocenters. The van der Waals surface area contributed by atoms with Crippen molar-refractivity contribution >= 4 is 28.5 Å². The van der Waals surface area contributed by atoms with Gasteiger partial charge in [-0.15, -0.1) is 11.6 Å². The molecule has 4 aliphatic carbocycles. The monoisotopic (exact) mass is 520 g/mol. The molecular formula is C32H53ClOS. The fourth-order valence-electron chi connectivity index (χ4n) is 9.25. The molecule has 0 aliphatic heterocycles. The van der Waals surface area contributed by atoms with Gasteiger partial charge < -0.3 is 0 Å². The summed E-state index contributed by atoms with van der Waals surface area (Å²) in [5.74, 6) is 5.53. The van der Waals surface area contributed by atoms with E-state index in [1.54, 1.807) is 17.3 Å². The molecule has 1 nitrogen and oxygen atoms in total. The van der Waals surface area contributed by atoms with Crippen molar-refractivity contribution in [2.24, 2.45) is 52.3 Å². The Labute approximate surface area is 226 Å². The quantitative estimate of drug-likeness (QED) is 0.234. The van der Waals surface area contributed by atoms with Crippen LogP contribution >= 0.6 is 23.4 Å². The standard InChI is InChI=1S/C32H53ClOS/c1-20(2)9-8-10-22(5)26-13-14-27-25-12-11-23-19-24(35-30(34)29(33)21(3)4)15-17-31(23,6)28(25)16-18-32(26,27)7/h11,20-22,24-29H,8-10,12-19H2,1-7H3/t22-,24-,25-,26+,27-,28-,29+,31-,32+/m0/s1. The zero-order valence-corrected chi connectivity index (χ0v) is 25.3. The molecule has 3 saturated carbocycles. The van der Waals surface area contributed by atoms with Crippen LogP contribution in [0.25, 0.3) is 0 Å². The SMILES string of the molecule is CC(C)CCC[C@H](C)[C@H]1CC[C@H]2[C@@H]3CC=C4C[C@@H](SC(=O)[C@H](Cl)C(C)C)CC[C@]4(C)[C@H]3CC[C@]12C. The summed E-state index contributed by atoms with van der Waals surface area (Å²) in [5, 5.41) is 0.268. The lowest BCUT2D eigenvalue weighted by Gasteiger charge is -2.58. The minimum Gasteiger partial charge on any atom is -0.286 e. The van der Waals surface area contributed by atoms with Crippen molar-refractivity contribution in [2.45, 2.75) is 130 Å². The van der Waals surface area contributed by atoms with Crippen LogP contribution in [0.1, 0.15) is 119 Å². The average molecular weight is 521 g/mol. The summed E-state index contributed by atoms with van der Waals surface area (Å²) >= 11 is 7.95. The Kier molecular flexibility index (Phi) is 8.85. The topological polar surface area (TPSA) is 17.1 Å². The van der Waals surface area contributed by atoms with Gasteiger partial charge in [0.05, 0.1) is 0 Å². The molecular weight excluding hydrogens is 468 g/mol. The molecule has 4 rings (SSSR count). The highest BCUT2D eigenvalue weighted by Gasteiger charge is 2.59. The maximum atomic E-state index is 12.7. The van der Waals surface area contributed by atoms with Gasteiger partial charge in [0.1, 0.15) is 5.38 Å². The molecule has 0 N–H and O–H groups in total. The van der Waals surface area contributed by atoms with Gasteiger partial charge in [0.25, 0.3) is 0 Å². The molecule has 3 fully saturated rings. The number of fused-ring (bicyclic) bond motifs is 5. The summed E-state index contributed by atoms with van der Waals surface area (Å²) in [6, 6.07) is 0. The third kappa shape index (κ3) is 5.46. The number of hydrogen-bond donors (Lipinski definition) is 0. The number of carbonyl (C=O) groups is 1. The van der Waals surface area contributed by atoms with Crippen LogP contribution in [-0.2, 0) is 4.79 Å². The van der Waals surface area contributed by atoms with Crippen LogP contribution in [0.5, 0.6) is 0 Å². The summed E-state index contributed by atoms with van der Waals surface area (Å²) < 4.78 is 0. The van der Waals surface area contributed by atoms with E-state index in [1.165, 1.54) is 64.2 Å². The molecule has 0 aromatic rings. The summed E-state index contributed by atoms with van der Waals surface area (Å²) in [7, 11) is 0. The smallest absolute Gasteiger partial charge is 0.207 e. The lowest BCUT2D eigenvalue weighted by atomic mass is 9.47. The van der Waals surface area contributed by atoms with Crippen LogP contribution in [0.15, 0.2) is 11.6 Å². The Balaban J connectivity index is 1.43. The maximum absolute atomic E-state index is 12.7. The zero-order chi connectivity index (χ0) is 25.5. The Morgan fingerprint density at radius 3 is 2.46 bits per heavy atom. The highest BCUT2D eigenvalue weighted by Crippen LogP contribution is 2.67. The van der Waals surface area contributed by atoms with Gasteiger partial charge in [-0.3, -0.25) is 4.79 Å². The van der Waals surface area contributed by atoms with Crippen molar-refractivity contribution in [3.8, 4) is 0 Å². The first-order valence-electron chi connectivity index (χ1n) is 15.0. The van der Waals surface area contributed by atoms with Crippen molar-refractivity contribution in [1.29, 1.82) is 0 Å². The van der Waals surface area contributed by atoms with Gasteiger partial charge in [0, 0.05) is 5.25 Å². The molecule has 35 heavy (non-hydrogen) atoms. The molecule has 0 aromatic heterocycles. The molecule has 9 atom stereocenters. The van der Waals surface area contributed by atoms with E-state index in [2.05, 4.69) is 54.5 Å². The molecule has 0 spiro atoms. The normalized spacial score (nSPS) is 40.6. The van der Waals surface area contributed by atoms with E-state index in [9.17, 15) is 4.79 Å². The van der Waals surface area contributed by atoms with E-state index < -0.39 is 0 Å². The van der Waals surface area contributed by atoms with Gasteiger partial charge in [0.15, 0.2) is 0 Å². The van der Waals surface area contributed by atoms with Crippen LogP contribution in [0.3, 0.4) is 0 Å². The molecule has 0 bridgehead atoms. The Morgan fingerprint density at radius 2 is 1.77 bits per heavy atom. The zero-order valence-electron chi connectivity index (χ0n) is 23.7. The summed E-state index contributed by atoms with van der Waals surface area (Å²) in [5.41, 5.74) is 2.61. The van der Waals surface area contributed by atoms with Crippen LogP contribution < -0.4 is 0 Å². The van der Waals surface area contributed by atoms with Crippen molar-refractivity contribution in [1.82, 2.24) is 0 Å². The fourth-order valence-corrected chi connectivity index (χ4v) is 10.6. The first-order chi connectivity index (χ1) is 16.5. The first kappa shape index (κ1) is 28.1. The van der Waals surface area contributed by atoms with E-state index in [1.807, 2.05) is 0 Å². The number of halogens is 1. The van der Waals surface area contributed by atoms with E-state index in [-0.39, 0.29) is 16.4 Å². The summed E-state index contributed by atoms with van der Waals surface area (Å²) in [6.07, 6.45) is 17.5. The van der Waals surface area contributed by atoms with Crippen LogP contribution in [0.4, 0.5) is 0 Å². The number of hydrogen-bond acceptors (Lipinski definition) is 2. The van der Waals surface area contributed by atoms with Gasteiger partial charge in [-0.2, -0.15) is 0 Å². The van der Waals surface area contributed by atoms with Gasteiger partial charge in [-0.1, -0.05) is 91.1 Å². The van der Waals surface area contributed by atoms with Crippen molar-refractivity contribution < 1.29 is 4.79 Å². The molecule has 0 amide bonds. The van der Waals surface area contributed by atoms with Crippen LogP contribution in [0, 0.1) is 52.3 Å².